The van der Waals surface area contributed by atoms with Gasteiger partial charge in [-0.25, -0.2) is 0 Å². The largest absolute Gasteiger partial charge is 0.497 e. The minimum Gasteiger partial charge on any atom is -0.497 e. The van der Waals surface area contributed by atoms with Crippen molar-refractivity contribution in [1.29, 1.82) is 0 Å². The van der Waals surface area contributed by atoms with Gasteiger partial charge in [0.2, 0.25) is 5.91 Å². The molecule has 0 spiro atoms. The van der Waals surface area contributed by atoms with Crippen LogP contribution in [0.25, 0.3) is 0 Å². The Bertz CT molecular complexity index is 740. The van der Waals surface area contributed by atoms with Gasteiger partial charge in [-0.1, -0.05) is 30.3 Å². The molecule has 5 heteroatoms. The number of β-lactam (4-membered cyclic amide) rings is 1. The minimum atomic E-state index is -0.885. The Morgan fingerprint density at radius 3 is 2.29 bits per heavy atom. The second kappa shape index (κ2) is 6.45. The first kappa shape index (κ1) is 16.2. The van der Waals surface area contributed by atoms with Crippen molar-refractivity contribution in [1.82, 2.24) is 0 Å². The summed E-state index contributed by atoms with van der Waals surface area (Å²) in [6.45, 7) is 1.54. The van der Waals surface area contributed by atoms with Gasteiger partial charge in [-0.05, 0) is 31.2 Å². The van der Waals surface area contributed by atoms with Crippen molar-refractivity contribution in [2.75, 3.05) is 12.0 Å². The lowest BCUT2D eigenvalue weighted by Gasteiger charge is -2.47. The van der Waals surface area contributed by atoms with Crippen LogP contribution in [0.5, 0.6) is 5.75 Å². The number of hydrogen-bond acceptors (Lipinski definition) is 4. The lowest BCUT2D eigenvalue weighted by molar-refractivity contribution is -0.133. The fourth-order valence-corrected chi connectivity index (χ4v) is 3.07. The van der Waals surface area contributed by atoms with Gasteiger partial charge in [-0.2, -0.15) is 0 Å². The molecule has 3 rings (SSSR count). The Hall–Kier alpha value is -2.66. The molecule has 5 nitrogen and oxygen atoms in total. The lowest BCUT2D eigenvalue weighted by atomic mass is 9.78. The van der Waals surface area contributed by atoms with Crippen LogP contribution in [0.4, 0.5) is 5.69 Å². The standard InChI is InChI=1S/C19H19NO4/c1-12(21)16-17(18(22)13-6-4-3-5-7-13)20(19(16)23)14-8-10-15(24-2)11-9-14/h3-12,16-17,21H,1-2H3/t12?,16-,17+/m0/s1. The number of Topliss-reactive ketones (excluding diaryl/α,β-unsaturated/α-hetero) is 1. The molecule has 124 valence electrons. The number of aliphatic hydroxyl groups is 1. The number of nitrogens with zero attached hydrogens (tertiary/aromatic N) is 1. The van der Waals surface area contributed by atoms with Crippen LogP contribution < -0.4 is 9.64 Å². The molecule has 1 heterocycles. The fourth-order valence-electron chi connectivity index (χ4n) is 3.07. The molecule has 3 atom stereocenters. The molecule has 0 saturated carbocycles. The third kappa shape index (κ3) is 2.67. The molecular weight excluding hydrogens is 306 g/mol. The van der Waals surface area contributed by atoms with Crippen LogP contribution in [0, 0.1) is 5.92 Å². The molecule has 24 heavy (non-hydrogen) atoms. The second-order valence-electron chi connectivity index (χ2n) is 5.85. The summed E-state index contributed by atoms with van der Waals surface area (Å²) < 4.78 is 5.12. The van der Waals surface area contributed by atoms with E-state index in [0.29, 0.717) is 17.0 Å². The van der Waals surface area contributed by atoms with Crippen molar-refractivity contribution >= 4 is 17.4 Å². The SMILES string of the molecule is COc1ccc(N2C(=O)[C@@H](C(C)O)[C@@H]2C(=O)c2ccccc2)cc1. The number of aliphatic hydroxyl groups excluding tert-OH is 1. The van der Waals surface area contributed by atoms with Gasteiger partial charge in [0.1, 0.15) is 11.8 Å². The molecule has 0 bridgehead atoms. The zero-order valence-electron chi connectivity index (χ0n) is 13.5. The van der Waals surface area contributed by atoms with Crippen molar-refractivity contribution in [2.45, 2.75) is 19.1 Å². The van der Waals surface area contributed by atoms with E-state index in [2.05, 4.69) is 0 Å². The average molecular weight is 325 g/mol. The molecule has 1 amide bonds. The van der Waals surface area contributed by atoms with Crippen molar-refractivity contribution in [2.24, 2.45) is 5.92 Å². The number of carbonyl (C=O) groups is 2. The van der Waals surface area contributed by atoms with E-state index in [1.165, 1.54) is 4.90 Å². The number of hydrogen-bond donors (Lipinski definition) is 1. The summed E-state index contributed by atoms with van der Waals surface area (Å²) in [4.78, 5) is 26.8. The number of rotatable bonds is 5. The Kier molecular flexibility index (Phi) is 4.36. The molecule has 2 aromatic rings. The molecule has 1 fully saturated rings. The molecule has 1 aliphatic rings. The van der Waals surface area contributed by atoms with Gasteiger partial charge in [-0.3, -0.25) is 9.59 Å². The molecule has 0 aliphatic carbocycles. The van der Waals surface area contributed by atoms with Crippen LogP contribution in [-0.4, -0.2) is 36.1 Å². The Labute approximate surface area is 140 Å². The predicted molar refractivity (Wildman–Crippen MR) is 90.2 cm³/mol. The molecular formula is C19H19NO4. The molecule has 0 aromatic heterocycles. The highest BCUT2D eigenvalue weighted by Crippen LogP contribution is 2.37. The number of methoxy groups -OCH3 is 1. The predicted octanol–water partition coefficient (Wildman–Crippen LogP) is 2.29. The number of carbonyl (C=O) groups excluding carboxylic acids is 2. The summed E-state index contributed by atoms with van der Waals surface area (Å²) in [5, 5.41) is 9.94. The number of ether oxygens (including phenoxy) is 1. The number of anilines is 1. The zero-order chi connectivity index (χ0) is 17.3. The van der Waals surface area contributed by atoms with Gasteiger partial charge in [0.15, 0.2) is 5.78 Å². The van der Waals surface area contributed by atoms with Crippen LogP contribution in [0.15, 0.2) is 54.6 Å². The maximum absolute atomic E-state index is 12.9. The molecule has 1 saturated heterocycles. The zero-order valence-corrected chi connectivity index (χ0v) is 13.5. The molecule has 1 aliphatic heterocycles. The smallest absolute Gasteiger partial charge is 0.236 e. The molecule has 1 N–H and O–H groups in total. The Morgan fingerprint density at radius 2 is 1.75 bits per heavy atom. The second-order valence-corrected chi connectivity index (χ2v) is 5.85. The highest BCUT2D eigenvalue weighted by atomic mass is 16.5. The highest BCUT2D eigenvalue weighted by molar-refractivity contribution is 6.17. The number of amides is 1. The van der Waals surface area contributed by atoms with Gasteiger partial charge >= 0.3 is 0 Å². The maximum Gasteiger partial charge on any atom is 0.236 e. The summed E-state index contributed by atoms with van der Waals surface area (Å²) in [5.74, 6) is -0.467. The van der Waals surface area contributed by atoms with Crippen LogP contribution in [0.1, 0.15) is 17.3 Å². The summed E-state index contributed by atoms with van der Waals surface area (Å²) >= 11 is 0. The van der Waals surface area contributed by atoms with Crippen LogP contribution in [0.3, 0.4) is 0 Å². The molecule has 0 radical (unpaired) electrons. The average Bonchev–Trinajstić information content (AvgIpc) is 2.60. The minimum absolute atomic E-state index is 0.170. The van der Waals surface area contributed by atoms with E-state index in [1.54, 1.807) is 62.6 Å². The monoisotopic (exact) mass is 325 g/mol. The van der Waals surface area contributed by atoms with E-state index >= 15 is 0 Å². The van der Waals surface area contributed by atoms with Gasteiger partial charge in [0.25, 0.3) is 0 Å². The van der Waals surface area contributed by atoms with E-state index in [1.807, 2.05) is 6.07 Å². The lowest BCUT2D eigenvalue weighted by Crippen LogP contribution is -2.67. The van der Waals surface area contributed by atoms with E-state index in [4.69, 9.17) is 4.74 Å². The Balaban J connectivity index is 1.95. The van der Waals surface area contributed by atoms with Gasteiger partial charge in [-0.15, -0.1) is 0 Å². The van der Waals surface area contributed by atoms with Crippen LogP contribution in [-0.2, 0) is 4.79 Å². The third-order valence-corrected chi connectivity index (χ3v) is 4.34. The van der Waals surface area contributed by atoms with Crippen LogP contribution >= 0.6 is 0 Å². The molecule has 1 unspecified atom stereocenters. The Morgan fingerprint density at radius 1 is 1.12 bits per heavy atom. The normalized spacial score (nSPS) is 21.1. The van der Waals surface area contributed by atoms with E-state index in [9.17, 15) is 14.7 Å². The first-order valence-electron chi connectivity index (χ1n) is 7.79. The van der Waals surface area contributed by atoms with Crippen molar-refractivity contribution < 1.29 is 19.4 Å². The van der Waals surface area contributed by atoms with Gasteiger partial charge < -0.3 is 14.7 Å². The summed E-state index contributed by atoms with van der Waals surface area (Å²) in [6.07, 6.45) is -0.885. The summed E-state index contributed by atoms with van der Waals surface area (Å²) in [7, 11) is 1.56. The summed E-state index contributed by atoms with van der Waals surface area (Å²) in [6, 6.07) is 15.1. The van der Waals surface area contributed by atoms with E-state index < -0.39 is 18.1 Å². The highest BCUT2D eigenvalue weighted by Gasteiger charge is 2.54. The number of benzene rings is 2. The topological polar surface area (TPSA) is 66.8 Å². The maximum atomic E-state index is 12.9. The fraction of sp³-hybridized carbons (Fsp3) is 0.263. The quantitative estimate of drug-likeness (QED) is 0.676. The van der Waals surface area contributed by atoms with E-state index in [0.717, 1.165) is 0 Å². The van der Waals surface area contributed by atoms with Gasteiger partial charge in [0, 0.05) is 11.3 Å². The van der Waals surface area contributed by atoms with Crippen molar-refractivity contribution in [3.8, 4) is 5.75 Å². The molecule has 2 aromatic carbocycles. The van der Waals surface area contributed by atoms with Crippen molar-refractivity contribution in [3.63, 3.8) is 0 Å². The van der Waals surface area contributed by atoms with Crippen LogP contribution in [0.2, 0.25) is 0 Å². The first-order valence-corrected chi connectivity index (χ1v) is 7.79. The first-order chi connectivity index (χ1) is 11.5. The number of ketones is 1. The van der Waals surface area contributed by atoms with Crippen molar-refractivity contribution in [3.05, 3.63) is 60.2 Å². The third-order valence-electron chi connectivity index (χ3n) is 4.34. The van der Waals surface area contributed by atoms with E-state index in [-0.39, 0.29) is 11.7 Å². The summed E-state index contributed by atoms with van der Waals surface area (Å²) in [5.41, 5.74) is 1.14. The van der Waals surface area contributed by atoms with Gasteiger partial charge in [0.05, 0.1) is 19.1 Å².